The van der Waals surface area contributed by atoms with Crippen LogP contribution in [0.1, 0.15) is 29.0 Å². The van der Waals surface area contributed by atoms with Crippen LogP contribution in [0.4, 0.5) is 0 Å². The summed E-state index contributed by atoms with van der Waals surface area (Å²) in [6.45, 7) is 2.16. The molecule has 2 rings (SSSR count). The van der Waals surface area contributed by atoms with Crippen LogP contribution in [0, 0.1) is 0 Å². The molecule has 0 unspecified atom stereocenters. The lowest BCUT2D eigenvalue weighted by Gasteiger charge is -2.14. The van der Waals surface area contributed by atoms with Gasteiger partial charge in [-0.15, -0.1) is 11.6 Å². The number of halogens is 1. The number of hydrogen-bond acceptors (Lipinski definition) is 0. The lowest BCUT2D eigenvalue weighted by atomic mass is 9.98. The number of alkyl halides is 1. The van der Waals surface area contributed by atoms with Crippen LogP contribution in [-0.4, -0.2) is 0 Å². The van der Waals surface area contributed by atoms with E-state index in [4.69, 9.17) is 11.6 Å². The van der Waals surface area contributed by atoms with Gasteiger partial charge in [0.1, 0.15) is 0 Å². The normalized spacial score (nSPS) is 12.4. The standard InChI is InChI=1S/C15H15Cl/c1-2-12-8-6-7-11-14(12)15(16)13-9-4-3-5-10-13/h3-11,15H,2H2,1H3/t15-/m1/s1. The summed E-state index contributed by atoms with van der Waals surface area (Å²) >= 11 is 6.52. The summed E-state index contributed by atoms with van der Waals surface area (Å²) < 4.78 is 0. The van der Waals surface area contributed by atoms with Crippen molar-refractivity contribution < 1.29 is 0 Å². The van der Waals surface area contributed by atoms with Crippen molar-refractivity contribution in [3.63, 3.8) is 0 Å². The SMILES string of the molecule is CCc1ccccc1[C@H](Cl)c1ccccc1. The van der Waals surface area contributed by atoms with Crippen LogP contribution in [0.3, 0.4) is 0 Å². The first-order valence-electron chi connectivity index (χ1n) is 5.59. The van der Waals surface area contributed by atoms with Gasteiger partial charge in [0.2, 0.25) is 0 Å². The smallest absolute Gasteiger partial charge is 0.0838 e. The number of aryl methyl sites for hydroxylation is 1. The maximum absolute atomic E-state index is 6.52. The molecule has 2 aromatic carbocycles. The summed E-state index contributed by atoms with van der Waals surface area (Å²) in [5.74, 6) is 0. The van der Waals surface area contributed by atoms with Gasteiger partial charge in [-0.1, -0.05) is 61.5 Å². The summed E-state index contributed by atoms with van der Waals surface area (Å²) in [4.78, 5) is 0. The van der Waals surface area contributed by atoms with E-state index in [0.717, 1.165) is 12.0 Å². The highest BCUT2D eigenvalue weighted by molar-refractivity contribution is 6.22. The second-order valence-corrected chi connectivity index (χ2v) is 4.26. The summed E-state index contributed by atoms with van der Waals surface area (Å²) in [5.41, 5.74) is 3.70. The zero-order valence-corrected chi connectivity index (χ0v) is 10.1. The van der Waals surface area contributed by atoms with Crippen LogP contribution in [0.25, 0.3) is 0 Å². The molecule has 0 aliphatic heterocycles. The maximum Gasteiger partial charge on any atom is 0.0838 e. The lowest BCUT2D eigenvalue weighted by Crippen LogP contribution is -1.97. The van der Waals surface area contributed by atoms with Gasteiger partial charge in [0.25, 0.3) is 0 Å². The molecule has 0 N–H and O–H groups in total. The molecule has 0 saturated heterocycles. The first-order valence-corrected chi connectivity index (χ1v) is 6.03. The Bertz CT molecular complexity index is 448. The van der Waals surface area contributed by atoms with E-state index < -0.39 is 0 Å². The Morgan fingerprint density at radius 3 is 2.25 bits per heavy atom. The molecule has 82 valence electrons. The molecule has 0 saturated carbocycles. The number of hydrogen-bond donors (Lipinski definition) is 0. The summed E-state index contributed by atoms with van der Waals surface area (Å²) in [6.07, 6.45) is 1.02. The van der Waals surface area contributed by atoms with Gasteiger partial charge in [0.15, 0.2) is 0 Å². The Morgan fingerprint density at radius 1 is 0.938 bits per heavy atom. The maximum atomic E-state index is 6.52. The van der Waals surface area contributed by atoms with E-state index in [1.165, 1.54) is 11.1 Å². The van der Waals surface area contributed by atoms with Crippen LogP contribution in [0.15, 0.2) is 54.6 Å². The lowest BCUT2D eigenvalue weighted by molar-refractivity contribution is 1.04. The predicted octanol–water partition coefficient (Wildman–Crippen LogP) is 4.58. The predicted molar refractivity (Wildman–Crippen MR) is 70.0 cm³/mol. The highest BCUT2D eigenvalue weighted by Crippen LogP contribution is 2.30. The molecule has 16 heavy (non-hydrogen) atoms. The minimum atomic E-state index is -0.0441. The van der Waals surface area contributed by atoms with Crippen LogP contribution < -0.4 is 0 Å². The van der Waals surface area contributed by atoms with Gasteiger partial charge < -0.3 is 0 Å². The fraction of sp³-hybridized carbons (Fsp3) is 0.200. The zero-order chi connectivity index (χ0) is 11.4. The molecule has 0 aromatic heterocycles. The molecule has 0 amide bonds. The molecule has 0 nitrogen and oxygen atoms in total. The molecule has 1 heteroatoms. The zero-order valence-electron chi connectivity index (χ0n) is 9.36. The van der Waals surface area contributed by atoms with Crippen LogP contribution in [-0.2, 0) is 6.42 Å². The van der Waals surface area contributed by atoms with E-state index in [9.17, 15) is 0 Å². The van der Waals surface area contributed by atoms with E-state index in [-0.39, 0.29) is 5.38 Å². The van der Waals surface area contributed by atoms with Crippen molar-refractivity contribution in [3.8, 4) is 0 Å². The van der Waals surface area contributed by atoms with Crippen molar-refractivity contribution in [2.45, 2.75) is 18.7 Å². The van der Waals surface area contributed by atoms with Crippen LogP contribution in [0.2, 0.25) is 0 Å². The van der Waals surface area contributed by atoms with Crippen molar-refractivity contribution in [1.29, 1.82) is 0 Å². The molecule has 2 aromatic rings. The monoisotopic (exact) mass is 230 g/mol. The van der Waals surface area contributed by atoms with Gasteiger partial charge in [-0.3, -0.25) is 0 Å². The van der Waals surface area contributed by atoms with E-state index in [0.29, 0.717) is 0 Å². The number of rotatable bonds is 3. The average molecular weight is 231 g/mol. The fourth-order valence-corrected chi connectivity index (χ4v) is 2.26. The molecule has 0 aliphatic rings. The van der Waals surface area contributed by atoms with Crippen molar-refractivity contribution in [2.75, 3.05) is 0 Å². The topological polar surface area (TPSA) is 0 Å². The van der Waals surface area contributed by atoms with Gasteiger partial charge in [-0.05, 0) is 23.1 Å². The third-order valence-corrected chi connectivity index (χ3v) is 3.29. The molecule has 0 heterocycles. The Morgan fingerprint density at radius 2 is 1.56 bits per heavy atom. The second kappa shape index (κ2) is 5.18. The summed E-state index contributed by atoms with van der Waals surface area (Å²) in [6, 6.07) is 18.6. The highest BCUT2D eigenvalue weighted by atomic mass is 35.5. The number of benzene rings is 2. The van der Waals surface area contributed by atoms with Crippen molar-refractivity contribution in [3.05, 3.63) is 71.3 Å². The van der Waals surface area contributed by atoms with E-state index in [1.807, 2.05) is 24.3 Å². The van der Waals surface area contributed by atoms with E-state index in [1.54, 1.807) is 0 Å². The molecule has 0 radical (unpaired) electrons. The fourth-order valence-electron chi connectivity index (χ4n) is 1.90. The van der Waals surface area contributed by atoms with E-state index >= 15 is 0 Å². The molecule has 0 aliphatic carbocycles. The minimum absolute atomic E-state index is 0.0441. The third-order valence-electron chi connectivity index (χ3n) is 2.80. The van der Waals surface area contributed by atoms with E-state index in [2.05, 4.69) is 37.3 Å². The Labute approximate surface area is 102 Å². The quantitative estimate of drug-likeness (QED) is 0.678. The average Bonchev–Trinajstić information content (AvgIpc) is 2.39. The van der Waals surface area contributed by atoms with Crippen LogP contribution in [0.5, 0.6) is 0 Å². The Hall–Kier alpha value is -1.27. The third kappa shape index (κ3) is 2.28. The second-order valence-electron chi connectivity index (χ2n) is 3.83. The van der Waals surface area contributed by atoms with Crippen molar-refractivity contribution in [1.82, 2.24) is 0 Å². The molecule has 0 spiro atoms. The van der Waals surface area contributed by atoms with Crippen molar-refractivity contribution >= 4 is 11.6 Å². The minimum Gasteiger partial charge on any atom is -0.113 e. The molecule has 1 atom stereocenters. The molecule has 0 fully saturated rings. The summed E-state index contributed by atoms with van der Waals surface area (Å²) in [7, 11) is 0. The Kier molecular flexibility index (Phi) is 3.63. The molecular formula is C15H15Cl. The van der Waals surface area contributed by atoms with Crippen molar-refractivity contribution in [2.24, 2.45) is 0 Å². The van der Waals surface area contributed by atoms with Gasteiger partial charge >= 0.3 is 0 Å². The molecule has 0 bridgehead atoms. The van der Waals surface area contributed by atoms with Gasteiger partial charge in [-0.25, -0.2) is 0 Å². The van der Waals surface area contributed by atoms with Gasteiger partial charge in [0, 0.05) is 0 Å². The van der Waals surface area contributed by atoms with Gasteiger partial charge in [0.05, 0.1) is 5.38 Å². The van der Waals surface area contributed by atoms with Gasteiger partial charge in [-0.2, -0.15) is 0 Å². The molecular weight excluding hydrogens is 216 g/mol. The highest BCUT2D eigenvalue weighted by Gasteiger charge is 2.12. The largest absolute Gasteiger partial charge is 0.113 e. The first-order chi connectivity index (χ1) is 7.83. The summed E-state index contributed by atoms with van der Waals surface area (Å²) in [5, 5.41) is -0.0441. The first kappa shape index (κ1) is 11.2. The van der Waals surface area contributed by atoms with Crippen LogP contribution >= 0.6 is 11.6 Å². The Balaban J connectivity index is 2.37.